The van der Waals surface area contributed by atoms with E-state index in [9.17, 15) is 14.4 Å². The van der Waals surface area contributed by atoms with Gasteiger partial charge in [-0.25, -0.2) is 0 Å². The number of rotatable bonds is 59. The first-order valence-corrected chi connectivity index (χ1v) is 32.7. The van der Waals surface area contributed by atoms with Crippen molar-refractivity contribution in [2.45, 2.75) is 322 Å². The van der Waals surface area contributed by atoms with Gasteiger partial charge in [-0.05, 0) is 116 Å². The fourth-order valence-corrected chi connectivity index (χ4v) is 9.21. The third kappa shape index (κ3) is 63.0. The number of hydrogen-bond acceptors (Lipinski definition) is 6. The van der Waals surface area contributed by atoms with Gasteiger partial charge in [0.25, 0.3) is 0 Å². The lowest BCUT2D eigenvalue weighted by Crippen LogP contribution is -2.30. The van der Waals surface area contributed by atoms with E-state index < -0.39 is 6.10 Å². The molecule has 0 bridgehead atoms. The van der Waals surface area contributed by atoms with E-state index in [4.69, 9.17) is 14.2 Å². The molecule has 0 rings (SSSR count). The number of carbonyl (C=O) groups is 3. The molecule has 0 radical (unpaired) electrons. The molecule has 0 aliphatic carbocycles. The largest absolute Gasteiger partial charge is 0.462 e. The minimum Gasteiger partial charge on any atom is -0.462 e. The molecular weight excluding hydrogens is 949 g/mol. The summed E-state index contributed by atoms with van der Waals surface area (Å²) < 4.78 is 16.9. The van der Waals surface area contributed by atoms with E-state index >= 15 is 0 Å². The van der Waals surface area contributed by atoms with Crippen molar-refractivity contribution >= 4 is 17.9 Å². The van der Waals surface area contributed by atoms with Crippen LogP contribution in [0.5, 0.6) is 0 Å². The Morgan fingerprint density at radius 3 is 0.818 bits per heavy atom. The molecule has 0 aromatic rings. The summed E-state index contributed by atoms with van der Waals surface area (Å²) in [5.41, 5.74) is 0. The van der Waals surface area contributed by atoms with Gasteiger partial charge < -0.3 is 14.2 Å². The highest BCUT2D eigenvalue weighted by atomic mass is 16.6. The van der Waals surface area contributed by atoms with Gasteiger partial charge >= 0.3 is 17.9 Å². The summed E-state index contributed by atoms with van der Waals surface area (Å²) in [7, 11) is 0. The van der Waals surface area contributed by atoms with Crippen molar-refractivity contribution in [3.05, 3.63) is 97.2 Å². The Morgan fingerprint density at radius 2 is 0.506 bits per heavy atom. The zero-order chi connectivity index (χ0) is 55.7. The van der Waals surface area contributed by atoms with E-state index in [1.807, 2.05) is 0 Å². The molecule has 0 saturated heterocycles. The summed E-state index contributed by atoms with van der Waals surface area (Å²) in [6, 6.07) is 0. The highest BCUT2D eigenvalue weighted by Crippen LogP contribution is 2.17. The van der Waals surface area contributed by atoms with Gasteiger partial charge in [-0.2, -0.15) is 0 Å². The molecule has 442 valence electrons. The van der Waals surface area contributed by atoms with Crippen molar-refractivity contribution in [1.82, 2.24) is 0 Å². The zero-order valence-electron chi connectivity index (χ0n) is 50.7. The van der Waals surface area contributed by atoms with Gasteiger partial charge in [-0.3, -0.25) is 14.4 Å². The van der Waals surface area contributed by atoms with Crippen LogP contribution in [0.15, 0.2) is 97.2 Å². The van der Waals surface area contributed by atoms with Crippen molar-refractivity contribution in [2.75, 3.05) is 13.2 Å². The van der Waals surface area contributed by atoms with Crippen LogP contribution in [0.25, 0.3) is 0 Å². The predicted molar refractivity (Wildman–Crippen MR) is 334 cm³/mol. The van der Waals surface area contributed by atoms with Crippen LogP contribution in [0.3, 0.4) is 0 Å². The van der Waals surface area contributed by atoms with Crippen molar-refractivity contribution < 1.29 is 28.6 Å². The normalized spacial score (nSPS) is 12.7. The van der Waals surface area contributed by atoms with Crippen LogP contribution in [-0.4, -0.2) is 37.2 Å². The first kappa shape index (κ1) is 73.3. The monoisotopic (exact) mass is 1070 g/mol. The molecule has 0 aliphatic heterocycles. The van der Waals surface area contributed by atoms with E-state index in [0.717, 1.165) is 109 Å². The lowest BCUT2D eigenvalue weighted by Gasteiger charge is -2.18. The highest BCUT2D eigenvalue weighted by Gasteiger charge is 2.19. The van der Waals surface area contributed by atoms with Gasteiger partial charge in [-0.15, -0.1) is 0 Å². The molecule has 0 aromatic carbocycles. The number of allylic oxidation sites excluding steroid dienone is 16. The maximum atomic E-state index is 12.9. The molecular formula is C71H122O6. The molecule has 0 aromatic heterocycles. The molecule has 0 spiro atoms. The number of hydrogen-bond donors (Lipinski definition) is 0. The van der Waals surface area contributed by atoms with Crippen LogP contribution in [0, 0.1) is 0 Å². The smallest absolute Gasteiger partial charge is 0.306 e. The summed E-state index contributed by atoms with van der Waals surface area (Å²) >= 11 is 0. The molecule has 0 saturated carbocycles. The van der Waals surface area contributed by atoms with Crippen LogP contribution in [0.4, 0.5) is 0 Å². The van der Waals surface area contributed by atoms with E-state index in [1.54, 1.807) is 0 Å². The van der Waals surface area contributed by atoms with Gasteiger partial charge in [-0.1, -0.05) is 279 Å². The average molecular weight is 1070 g/mol. The Hall–Kier alpha value is -3.67. The molecule has 6 heteroatoms. The fourth-order valence-electron chi connectivity index (χ4n) is 9.21. The minimum absolute atomic E-state index is 0.0863. The van der Waals surface area contributed by atoms with Crippen molar-refractivity contribution in [3.8, 4) is 0 Å². The fraction of sp³-hybridized carbons (Fsp3) is 0.732. The maximum absolute atomic E-state index is 12.9. The maximum Gasteiger partial charge on any atom is 0.306 e. The second-order valence-corrected chi connectivity index (χ2v) is 21.6. The first-order chi connectivity index (χ1) is 38.0. The third-order valence-corrected chi connectivity index (χ3v) is 14.1. The molecule has 1 unspecified atom stereocenters. The quantitative estimate of drug-likeness (QED) is 0.0261. The van der Waals surface area contributed by atoms with E-state index in [1.165, 1.54) is 167 Å². The van der Waals surface area contributed by atoms with Crippen LogP contribution < -0.4 is 0 Å². The van der Waals surface area contributed by atoms with Gasteiger partial charge in [0, 0.05) is 19.3 Å². The minimum atomic E-state index is -0.792. The Balaban J connectivity index is 4.28. The summed E-state index contributed by atoms with van der Waals surface area (Å²) in [4.78, 5) is 38.3. The van der Waals surface area contributed by atoms with Gasteiger partial charge in [0.2, 0.25) is 0 Å². The zero-order valence-corrected chi connectivity index (χ0v) is 50.7. The predicted octanol–water partition coefficient (Wildman–Crippen LogP) is 22.4. The molecule has 0 aliphatic rings. The number of unbranched alkanes of at least 4 members (excludes halogenated alkanes) is 32. The molecule has 0 amide bonds. The number of ether oxygens (including phenoxy) is 3. The van der Waals surface area contributed by atoms with Crippen LogP contribution in [0.1, 0.15) is 316 Å². The van der Waals surface area contributed by atoms with Crippen LogP contribution in [-0.2, 0) is 28.6 Å². The molecule has 6 nitrogen and oxygen atoms in total. The van der Waals surface area contributed by atoms with Crippen LogP contribution >= 0.6 is 0 Å². The standard InChI is InChI=1S/C71H122O6/c1-4-7-10-13-16-19-22-25-27-29-31-32-33-34-35-36-37-38-40-41-43-46-49-52-55-58-61-64-70(73)76-67-68(66-75-69(72)63-60-57-54-51-48-45-24-21-18-15-12-9-6-3)77-71(74)65-62-59-56-53-50-47-44-42-39-30-28-26-23-20-17-14-11-8-5-2/h7,9-10,12,16,18-19,21,25-28,31-32,45,48,68H,4-6,8,11,13-15,17,20,22-24,29-30,33-44,46-47,49-67H2,1-3H3/b10-7-,12-9-,19-16-,21-18-,27-25-,28-26-,32-31-,48-45-. The van der Waals surface area contributed by atoms with E-state index in [2.05, 4.69) is 118 Å². The summed E-state index contributed by atoms with van der Waals surface area (Å²) in [5.74, 6) is -0.908. The second kappa shape index (κ2) is 64.9. The summed E-state index contributed by atoms with van der Waals surface area (Å²) in [6.45, 7) is 6.41. The highest BCUT2D eigenvalue weighted by molar-refractivity contribution is 5.71. The van der Waals surface area contributed by atoms with Crippen molar-refractivity contribution in [1.29, 1.82) is 0 Å². The molecule has 0 N–H and O–H groups in total. The Morgan fingerprint density at radius 1 is 0.273 bits per heavy atom. The van der Waals surface area contributed by atoms with Crippen molar-refractivity contribution in [2.24, 2.45) is 0 Å². The van der Waals surface area contributed by atoms with Gasteiger partial charge in [0.05, 0.1) is 0 Å². The molecule has 77 heavy (non-hydrogen) atoms. The lowest BCUT2D eigenvalue weighted by molar-refractivity contribution is -0.167. The topological polar surface area (TPSA) is 78.9 Å². The van der Waals surface area contributed by atoms with Crippen molar-refractivity contribution in [3.63, 3.8) is 0 Å². The molecule has 0 fully saturated rings. The average Bonchev–Trinajstić information content (AvgIpc) is 3.43. The Labute approximate surface area is 477 Å². The number of carbonyl (C=O) groups excluding carboxylic acids is 3. The lowest BCUT2D eigenvalue weighted by atomic mass is 10.0. The van der Waals surface area contributed by atoms with Crippen LogP contribution in [0.2, 0.25) is 0 Å². The molecule has 0 heterocycles. The number of esters is 3. The SMILES string of the molecule is CC/C=C\C/C=C\C/C=C\C/C=C\CCCCCCCCCCCCCCCCC(=O)OCC(COC(=O)CCCCC/C=C\C/C=C\C/C=C\CC)OC(=O)CCCCCCCCCCC/C=C\CCCCCCCC. The van der Waals surface area contributed by atoms with E-state index in [0.29, 0.717) is 19.3 Å². The summed E-state index contributed by atoms with van der Waals surface area (Å²) in [5, 5.41) is 0. The summed E-state index contributed by atoms with van der Waals surface area (Å²) in [6.07, 6.45) is 87.1. The van der Waals surface area contributed by atoms with E-state index in [-0.39, 0.29) is 31.1 Å². The Bertz CT molecular complexity index is 1510. The molecule has 1 atom stereocenters. The second-order valence-electron chi connectivity index (χ2n) is 21.6. The first-order valence-electron chi connectivity index (χ1n) is 32.7. The van der Waals surface area contributed by atoms with Gasteiger partial charge in [0.15, 0.2) is 6.10 Å². The third-order valence-electron chi connectivity index (χ3n) is 14.1. The van der Waals surface area contributed by atoms with Gasteiger partial charge in [0.1, 0.15) is 13.2 Å². The Kier molecular flexibility index (Phi) is 61.8.